The molecule has 4 aromatic heterocycles. The van der Waals surface area contributed by atoms with E-state index in [1.807, 2.05) is 17.4 Å². The molecule has 66 heavy (non-hydrogen) atoms. The van der Waals surface area contributed by atoms with Crippen LogP contribution in [0.25, 0.3) is 114 Å². The van der Waals surface area contributed by atoms with Crippen molar-refractivity contribution >= 4 is 125 Å². The molecule has 0 amide bonds. The van der Waals surface area contributed by atoms with Gasteiger partial charge in [0.2, 0.25) is 0 Å². The number of aromatic nitrogens is 1. The molecule has 2 aliphatic rings. The highest BCUT2D eigenvalue weighted by atomic mass is 32.1. The van der Waals surface area contributed by atoms with Gasteiger partial charge >= 0.3 is 0 Å². The Morgan fingerprint density at radius 1 is 0.530 bits per heavy atom. The fourth-order valence-electron chi connectivity index (χ4n) is 11.3. The van der Waals surface area contributed by atoms with E-state index in [1.54, 1.807) is 0 Å². The van der Waals surface area contributed by atoms with Gasteiger partial charge in [-0.1, -0.05) is 128 Å². The van der Waals surface area contributed by atoms with Crippen LogP contribution in [-0.4, -0.2) is 10.3 Å². The average molecular weight is 863 g/mol. The summed E-state index contributed by atoms with van der Waals surface area (Å²) in [5, 5.41) is 11.9. The first kappa shape index (κ1) is 36.4. The van der Waals surface area contributed by atoms with Crippen LogP contribution in [0.1, 0.15) is 35.6 Å². The Balaban J connectivity index is 1.07. The van der Waals surface area contributed by atoms with Crippen molar-refractivity contribution in [2.24, 2.45) is 10.9 Å². The lowest BCUT2D eigenvalue weighted by atomic mass is 9.84. The van der Waals surface area contributed by atoms with Gasteiger partial charge in [-0.15, -0.1) is 11.3 Å². The third kappa shape index (κ3) is 5.17. The van der Waals surface area contributed by atoms with Gasteiger partial charge in [0, 0.05) is 76.0 Å². The van der Waals surface area contributed by atoms with Gasteiger partial charge in [-0.25, -0.2) is 0 Å². The van der Waals surface area contributed by atoms with Crippen LogP contribution in [0.3, 0.4) is 0 Å². The molecular formula is C61H38N2O2S. The fourth-order valence-corrected chi connectivity index (χ4v) is 12.4. The van der Waals surface area contributed by atoms with Crippen molar-refractivity contribution < 1.29 is 8.83 Å². The molecular weight excluding hydrogens is 825 g/mol. The topological polar surface area (TPSA) is 43.6 Å². The molecule has 2 aliphatic heterocycles. The number of para-hydroxylation sites is 2. The molecule has 0 radical (unpaired) electrons. The van der Waals surface area contributed by atoms with Crippen molar-refractivity contribution in [3.63, 3.8) is 0 Å². The Bertz CT molecular complexity index is 4370. The summed E-state index contributed by atoms with van der Waals surface area (Å²) >= 11 is 1.86. The standard InChI is InChI=1S/C61H38N2O2S/c1-34-18-22-40-47-26-27-48-43-13-5-8-16-54(43)65-61(48)60(47)63-51-29-35(19-23-41(51)49-30-36-10-2-3-11-37(36)31-52(49)63)28-50(40)59(38-20-24-44-42-12-4-7-15-53(42)64-55(44)32-38)62-58(34)39-21-25-46-45-14-6-9-17-56(45)66-57(46)33-39/h2-17,19-27,29-34H,18,28H2,1H3/b40-22+,59-50-,62-58+. The molecule has 0 N–H and O–H groups in total. The Morgan fingerprint density at radius 2 is 1.20 bits per heavy atom. The summed E-state index contributed by atoms with van der Waals surface area (Å²) in [6.45, 7) is 2.34. The lowest BCUT2D eigenvalue weighted by Gasteiger charge is -2.25. The molecule has 2 bridgehead atoms. The number of rotatable bonds is 2. The largest absolute Gasteiger partial charge is 0.456 e. The van der Waals surface area contributed by atoms with Gasteiger partial charge in [0.25, 0.3) is 0 Å². The van der Waals surface area contributed by atoms with Crippen molar-refractivity contribution in [2.75, 3.05) is 0 Å². The number of aliphatic imine (C=N–C) groups is 1. The number of thiophene rings is 1. The first-order valence-electron chi connectivity index (χ1n) is 22.9. The maximum absolute atomic E-state index is 7.07. The van der Waals surface area contributed by atoms with Crippen LogP contribution >= 0.6 is 11.3 Å². The SMILES string of the molecule is CC1C/C=C2/C(=C(c3ccc4c(c3)oc3ccccc34)\N=C/1c1ccc3c(c1)sc1ccccc13)Cc1ccc3c4cc5ccccc5cc4n(c3c1)-c1c2ccc2c1oc1ccccc12. The number of fused-ring (bicyclic) bond motifs is 19. The number of hydrogen-bond donors (Lipinski definition) is 0. The van der Waals surface area contributed by atoms with E-state index in [0.717, 1.165) is 89.6 Å². The van der Waals surface area contributed by atoms with E-state index < -0.39 is 0 Å². The maximum atomic E-state index is 7.07. The van der Waals surface area contributed by atoms with Gasteiger partial charge in [0.05, 0.1) is 28.1 Å². The number of hydrogen-bond acceptors (Lipinski definition) is 4. The Kier molecular flexibility index (Phi) is 7.45. The molecule has 310 valence electrons. The summed E-state index contributed by atoms with van der Waals surface area (Å²) < 4.78 is 18.8. The Hall–Kier alpha value is -7.99. The van der Waals surface area contributed by atoms with Crippen LogP contribution in [0, 0.1) is 5.92 Å². The molecule has 15 rings (SSSR count). The normalized spacial score (nSPS) is 18.2. The predicted molar refractivity (Wildman–Crippen MR) is 278 cm³/mol. The molecule has 0 spiro atoms. The zero-order valence-electron chi connectivity index (χ0n) is 35.9. The van der Waals surface area contributed by atoms with E-state index in [9.17, 15) is 0 Å². The summed E-state index contributed by atoms with van der Waals surface area (Å²) in [5.41, 5.74) is 15.8. The van der Waals surface area contributed by atoms with E-state index in [4.69, 9.17) is 13.8 Å². The molecule has 0 fully saturated rings. The molecule has 1 unspecified atom stereocenters. The summed E-state index contributed by atoms with van der Waals surface area (Å²) in [4.78, 5) is 5.98. The van der Waals surface area contributed by atoms with Crippen LogP contribution in [-0.2, 0) is 6.42 Å². The van der Waals surface area contributed by atoms with Crippen LogP contribution in [0.15, 0.2) is 201 Å². The summed E-state index contributed by atoms with van der Waals surface area (Å²) in [5.74, 6) is 0.105. The fraction of sp³-hybridized carbons (Fsp3) is 0.0656. The second kappa shape index (κ2) is 13.5. The quantitative estimate of drug-likeness (QED) is 0.174. The van der Waals surface area contributed by atoms with Crippen molar-refractivity contribution in [3.8, 4) is 5.69 Å². The maximum Gasteiger partial charge on any atom is 0.160 e. The molecule has 1 atom stereocenters. The van der Waals surface area contributed by atoms with E-state index in [-0.39, 0.29) is 5.92 Å². The molecule has 6 heterocycles. The monoisotopic (exact) mass is 862 g/mol. The van der Waals surface area contributed by atoms with E-state index >= 15 is 0 Å². The molecule has 13 aromatic rings. The van der Waals surface area contributed by atoms with E-state index in [0.29, 0.717) is 6.42 Å². The first-order chi connectivity index (χ1) is 32.6. The van der Waals surface area contributed by atoms with E-state index in [1.165, 1.54) is 63.9 Å². The van der Waals surface area contributed by atoms with Gasteiger partial charge in [0.15, 0.2) is 5.58 Å². The Morgan fingerprint density at radius 3 is 2.08 bits per heavy atom. The molecule has 5 heteroatoms. The molecule has 0 saturated carbocycles. The molecule has 4 nitrogen and oxygen atoms in total. The van der Waals surface area contributed by atoms with Gasteiger partial charge in [-0.05, 0) is 100 Å². The van der Waals surface area contributed by atoms with Gasteiger partial charge in [-0.3, -0.25) is 4.99 Å². The highest BCUT2D eigenvalue weighted by Crippen LogP contribution is 2.48. The lowest BCUT2D eigenvalue weighted by molar-refractivity contribution is 0.666. The Labute approximate surface area is 382 Å². The summed E-state index contributed by atoms with van der Waals surface area (Å²) in [6, 6.07) is 64.4. The van der Waals surface area contributed by atoms with E-state index in [2.05, 4.69) is 187 Å². The lowest BCUT2D eigenvalue weighted by Crippen LogP contribution is -2.15. The van der Waals surface area contributed by atoms with Crippen molar-refractivity contribution in [1.82, 2.24) is 4.57 Å². The third-order valence-corrected chi connectivity index (χ3v) is 15.6. The van der Waals surface area contributed by atoms with Gasteiger partial charge < -0.3 is 13.4 Å². The predicted octanol–water partition coefficient (Wildman–Crippen LogP) is 17.0. The van der Waals surface area contributed by atoms with Crippen LogP contribution in [0.5, 0.6) is 0 Å². The zero-order valence-corrected chi connectivity index (χ0v) is 36.7. The molecule has 0 aliphatic carbocycles. The smallest absolute Gasteiger partial charge is 0.160 e. The number of allylic oxidation sites excluding steroid dienone is 3. The van der Waals surface area contributed by atoms with Crippen molar-refractivity contribution in [1.29, 1.82) is 0 Å². The molecule has 9 aromatic carbocycles. The minimum atomic E-state index is 0.105. The zero-order chi connectivity index (χ0) is 43.2. The van der Waals surface area contributed by atoms with Crippen molar-refractivity contribution in [2.45, 2.75) is 19.8 Å². The van der Waals surface area contributed by atoms with Crippen LogP contribution < -0.4 is 0 Å². The summed E-state index contributed by atoms with van der Waals surface area (Å²) in [7, 11) is 0. The molecule has 0 saturated heterocycles. The van der Waals surface area contributed by atoms with Gasteiger partial charge in [0.1, 0.15) is 16.7 Å². The highest BCUT2D eigenvalue weighted by Gasteiger charge is 2.30. The van der Waals surface area contributed by atoms with Crippen LogP contribution in [0.2, 0.25) is 0 Å². The number of furan rings is 2. The number of nitrogens with zero attached hydrogens (tertiary/aromatic N) is 2. The summed E-state index contributed by atoms with van der Waals surface area (Å²) in [6.07, 6.45) is 3.99. The third-order valence-electron chi connectivity index (χ3n) is 14.4. The van der Waals surface area contributed by atoms with Crippen LogP contribution in [0.4, 0.5) is 0 Å². The highest BCUT2D eigenvalue weighted by molar-refractivity contribution is 7.25. The minimum absolute atomic E-state index is 0.105. The average Bonchev–Trinajstić information content (AvgIpc) is 4.11. The second-order valence-corrected chi connectivity index (χ2v) is 19.3. The first-order valence-corrected chi connectivity index (χ1v) is 23.7. The second-order valence-electron chi connectivity index (χ2n) is 18.2. The van der Waals surface area contributed by atoms with Gasteiger partial charge in [-0.2, -0.15) is 0 Å². The van der Waals surface area contributed by atoms with Crippen molar-refractivity contribution in [3.05, 3.63) is 210 Å². The minimum Gasteiger partial charge on any atom is -0.456 e. The number of benzene rings is 9.